The van der Waals surface area contributed by atoms with Gasteiger partial charge < -0.3 is 16.0 Å². The molecule has 1 aliphatic heterocycles. The van der Waals surface area contributed by atoms with Crippen molar-refractivity contribution in [1.82, 2.24) is 10.6 Å². The Morgan fingerprint density at radius 1 is 1.03 bits per heavy atom. The lowest BCUT2D eigenvalue weighted by Crippen LogP contribution is -2.42. The summed E-state index contributed by atoms with van der Waals surface area (Å²) in [6.07, 6.45) is -0.277. The minimum atomic E-state index is -0.929. The highest BCUT2D eigenvalue weighted by Gasteiger charge is 2.35. The van der Waals surface area contributed by atoms with Crippen LogP contribution < -0.4 is 16.0 Å². The Morgan fingerprint density at radius 3 is 2.43 bits per heavy atom. The summed E-state index contributed by atoms with van der Waals surface area (Å²) in [5.74, 6) is -2.49. The molecule has 1 fully saturated rings. The highest BCUT2D eigenvalue weighted by molar-refractivity contribution is 7.99. The lowest BCUT2D eigenvalue weighted by Gasteiger charge is -2.26. The molecule has 0 spiro atoms. The summed E-state index contributed by atoms with van der Waals surface area (Å²) in [6.45, 7) is 2.07. The Kier molecular flexibility index (Phi) is 8.55. The third kappa shape index (κ3) is 6.74. The van der Waals surface area contributed by atoms with Crippen LogP contribution >= 0.6 is 11.8 Å². The Balaban J connectivity index is 1.50. The number of para-hydroxylation sites is 1. The molecule has 3 aromatic carbocycles. The average molecular weight is 524 g/mol. The van der Waals surface area contributed by atoms with Crippen LogP contribution in [0.4, 0.5) is 14.5 Å². The van der Waals surface area contributed by atoms with Crippen molar-refractivity contribution in [2.45, 2.75) is 30.6 Å². The Labute approximate surface area is 218 Å². The first-order valence-corrected chi connectivity index (χ1v) is 12.9. The molecule has 3 aromatic rings. The zero-order chi connectivity index (χ0) is 26.4. The van der Waals surface area contributed by atoms with E-state index in [0.717, 1.165) is 29.5 Å². The molecule has 0 aliphatic carbocycles. The van der Waals surface area contributed by atoms with Crippen molar-refractivity contribution in [1.29, 1.82) is 0 Å². The van der Waals surface area contributed by atoms with E-state index in [9.17, 15) is 23.2 Å². The number of carbonyl (C=O) groups excluding carboxylic acids is 3. The predicted octanol–water partition coefficient (Wildman–Crippen LogP) is 4.34. The minimum Gasteiger partial charge on any atom is -0.355 e. The van der Waals surface area contributed by atoms with E-state index in [1.807, 2.05) is 42.5 Å². The molecule has 1 unspecified atom stereocenters. The van der Waals surface area contributed by atoms with Crippen molar-refractivity contribution in [3.8, 4) is 0 Å². The lowest BCUT2D eigenvalue weighted by atomic mass is 9.89. The summed E-state index contributed by atoms with van der Waals surface area (Å²) in [5, 5.41) is 8.23. The third-order valence-electron chi connectivity index (χ3n) is 6.02. The molecule has 0 bridgehead atoms. The summed E-state index contributed by atoms with van der Waals surface area (Å²) in [4.78, 5) is 38.6. The van der Waals surface area contributed by atoms with E-state index in [4.69, 9.17) is 0 Å². The van der Waals surface area contributed by atoms with Gasteiger partial charge in [-0.3, -0.25) is 14.4 Å². The third-order valence-corrected chi connectivity index (χ3v) is 7.37. The maximum Gasteiger partial charge on any atom is 0.246 e. The van der Waals surface area contributed by atoms with Gasteiger partial charge >= 0.3 is 0 Å². The highest BCUT2D eigenvalue weighted by atomic mass is 32.2. The molecule has 9 heteroatoms. The van der Waals surface area contributed by atoms with E-state index in [0.29, 0.717) is 17.8 Å². The molecule has 0 aromatic heterocycles. The molecule has 4 rings (SSSR count). The number of rotatable bonds is 7. The second kappa shape index (κ2) is 12.0. The van der Waals surface area contributed by atoms with Crippen LogP contribution in [0.1, 0.15) is 34.8 Å². The van der Waals surface area contributed by atoms with E-state index >= 15 is 0 Å². The summed E-state index contributed by atoms with van der Waals surface area (Å²) in [7, 11) is 0. The number of thioether (sulfide) groups is 1. The fourth-order valence-corrected chi connectivity index (χ4v) is 5.61. The van der Waals surface area contributed by atoms with E-state index in [-0.39, 0.29) is 23.1 Å². The molecule has 3 amide bonds. The monoisotopic (exact) mass is 523 g/mol. The summed E-state index contributed by atoms with van der Waals surface area (Å²) in [5.41, 5.74) is 2.33. The van der Waals surface area contributed by atoms with Crippen molar-refractivity contribution in [3.05, 3.63) is 101 Å². The number of hydrogen-bond donors (Lipinski definition) is 3. The van der Waals surface area contributed by atoms with E-state index in [1.54, 1.807) is 23.9 Å². The highest BCUT2D eigenvalue weighted by Crippen LogP contribution is 2.44. The largest absolute Gasteiger partial charge is 0.355 e. The van der Waals surface area contributed by atoms with Gasteiger partial charge in [-0.2, -0.15) is 11.8 Å². The smallest absolute Gasteiger partial charge is 0.246 e. The lowest BCUT2D eigenvalue weighted by molar-refractivity contribution is -0.125. The number of nitrogens with one attached hydrogen (secondary N) is 3. The Hall–Kier alpha value is -3.72. The van der Waals surface area contributed by atoms with Gasteiger partial charge in [0, 0.05) is 29.3 Å². The van der Waals surface area contributed by atoms with Gasteiger partial charge in [-0.1, -0.05) is 48.5 Å². The van der Waals surface area contributed by atoms with Gasteiger partial charge in [0.15, 0.2) is 0 Å². The minimum absolute atomic E-state index is 0.121. The molecule has 0 saturated carbocycles. The van der Waals surface area contributed by atoms with E-state index in [1.165, 1.54) is 6.92 Å². The molecule has 37 heavy (non-hydrogen) atoms. The normalized spacial score (nSPS) is 18.3. The van der Waals surface area contributed by atoms with Crippen LogP contribution in [0, 0.1) is 11.6 Å². The van der Waals surface area contributed by atoms with Crippen molar-refractivity contribution in [3.63, 3.8) is 0 Å². The van der Waals surface area contributed by atoms with Crippen LogP contribution in [0.25, 0.3) is 0 Å². The van der Waals surface area contributed by atoms with Gasteiger partial charge in [0.1, 0.15) is 17.7 Å². The fourth-order valence-electron chi connectivity index (χ4n) is 4.32. The summed E-state index contributed by atoms with van der Waals surface area (Å²) in [6, 6.07) is 18.9. The van der Waals surface area contributed by atoms with Crippen molar-refractivity contribution >= 4 is 35.2 Å². The SMILES string of the molecule is CC(NC(=O)Cc1cc(F)cc(F)c1)C(=O)Nc1ccccc1[C@@H]1C(=O)NCCS[C@H]1c1ccccc1. The van der Waals surface area contributed by atoms with E-state index < -0.39 is 35.4 Å². The zero-order valence-electron chi connectivity index (χ0n) is 20.2. The number of benzene rings is 3. The molecular weight excluding hydrogens is 496 g/mol. The molecular formula is C28H27F2N3O3S. The van der Waals surface area contributed by atoms with Crippen LogP contribution in [-0.2, 0) is 20.8 Å². The molecule has 1 heterocycles. The second-order valence-electron chi connectivity index (χ2n) is 8.79. The maximum absolute atomic E-state index is 13.4. The maximum atomic E-state index is 13.4. The van der Waals surface area contributed by atoms with Crippen molar-refractivity contribution in [2.24, 2.45) is 0 Å². The number of anilines is 1. The average Bonchev–Trinajstić information content (AvgIpc) is 3.05. The quantitative estimate of drug-likeness (QED) is 0.430. The van der Waals surface area contributed by atoms with Crippen LogP contribution in [0.15, 0.2) is 72.8 Å². The Morgan fingerprint density at radius 2 is 1.70 bits per heavy atom. The van der Waals surface area contributed by atoms with Crippen molar-refractivity contribution < 1.29 is 23.2 Å². The van der Waals surface area contributed by atoms with Crippen LogP contribution in [0.3, 0.4) is 0 Å². The molecule has 3 atom stereocenters. The molecule has 192 valence electrons. The van der Waals surface area contributed by atoms with Crippen LogP contribution in [-0.4, -0.2) is 36.1 Å². The number of halogens is 2. The van der Waals surface area contributed by atoms with Gasteiger partial charge in [0.2, 0.25) is 17.7 Å². The number of hydrogen-bond acceptors (Lipinski definition) is 4. The van der Waals surface area contributed by atoms with Gasteiger partial charge in [0.05, 0.1) is 12.3 Å². The molecule has 3 N–H and O–H groups in total. The number of amides is 3. The number of carbonyl (C=O) groups is 3. The van der Waals surface area contributed by atoms with Gasteiger partial charge in [0.25, 0.3) is 0 Å². The molecule has 6 nitrogen and oxygen atoms in total. The second-order valence-corrected chi connectivity index (χ2v) is 10.0. The molecule has 1 saturated heterocycles. The van der Waals surface area contributed by atoms with Crippen LogP contribution in [0.5, 0.6) is 0 Å². The Bertz CT molecular complexity index is 1270. The summed E-state index contributed by atoms with van der Waals surface area (Å²) < 4.78 is 26.9. The molecule has 0 radical (unpaired) electrons. The zero-order valence-corrected chi connectivity index (χ0v) is 21.0. The van der Waals surface area contributed by atoms with Crippen LogP contribution in [0.2, 0.25) is 0 Å². The first-order chi connectivity index (χ1) is 17.8. The molecule has 1 aliphatic rings. The predicted molar refractivity (Wildman–Crippen MR) is 140 cm³/mol. The fraction of sp³-hybridized carbons (Fsp3) is 0.250. The standard InChI is InChI=1S/C28H27F2N3O3S/c1-17(32-24(34)15-18-13-20(29)16-21(30)14-18)27(35)33-23-10-6-5-9-22(23)25-26(19-7-3-2-4-8-19)37-12-11-31-28(25)36/h2-10,13-14,16-17,25-26H,11-12,15H2,1H3,(H,31,36)(H,32,34)(H,33,35)/t17?,25-,26-/m0/s1. The van der Waals surface area contributed by atoms with Gasteiger partial charge in [-0.05, 0) is 41.8 Å². The van der Waals surface area contributed by atoms with Gasteiger partial charge in [-0.15, -0.1) is 0 Å². The van der Waals surface area contributed by atoms with E-state index in [2.05, 4.69) is 16.0 Å². The topological polar surface area (TPSA) is 87.3 Å². The van der Waals surface area contributed by atoms with Gasteiger partial charge in [-0.25, -0.2) is 8.78 Å². The first kappa shape index (κ1) is 26.3. The first-order valence-electron chi connectivity index (χ1n) is 11.9. The summed E-state index contributed by atoms with van der Waals surface area (Å²) >= 11 is 1.68. The van der Waals surface area contributed by atoms with Crippen molar-refractivity contribution in [2.75, 3.05) is 17.6 Å².